The Bertz CT molecular complexity index is 678. The van der Waals surface area contributed by atoms with Crippen molar-refractivity contribution in [2.75, 3.05) is 0 Å². The third kappa shape index (κ3) is 3.40. The minimum absolute atomic E-state index is 0.333. The van der Waals surface area contributed by atoms with Crippen LogP contribution in [0.1, 0.15) is 27.4 Å². The van der Waals surface area contributed by atoms with E-state index in [0.29, 0.717) is 32.7 Å². The van der Waals surface area contributed by atoms with Crippen LogP contribution in [-0.2, 0) is 0 Å². The molecule has 20 heavy (non-hydrogen) atoms. The molecule has 0 aliphatic rings. The lowest BCUT2D eigenvalue weighted by atomic mass is 10.2. The number of rotatable bonds is 3. The Morgan fingerprint density at radius 3 is 2.65 bits per heavy atom. The highest BCUT2D eigenvalue weighted by Gasteiger charge is 2.12. The molecule has 1 heterocycles. The van der Waals surface area contributed by atoms with Crippen LogP contribution in [0.25, 0.3) is 0 Å². The van der Waals surface area contributed by atoms with Crippen molar-refractivity contribution in [3.8, 4) is 0 Å². The number of halogens is 2. The quantitative estimate of drug-likeness (QED) is 0.689. The predicted octanol–water partition coefficient (Wildman–Crippen LogP) is 3.97. The maximum atomic E-state index is 11.9. The fourth-order valence-corrected chi connectivity index (χ4v) is 2.14. The van der Waals surface area contributed by atoms with E-state index in [1.807, 2.05) is 0 Å². The van der Waals surface area contributed by atoms with Gasteiger partial charge in [0.2, 0.25) is 0 Å². The molecule has 0 saturated heterocycles. The second-order valence-corrected chi connectivity index (χ2v) is 5.04. The van der Waals surface area contributed by atoms with Gasteiger partial charge in [-0.3, -0.25) is 4.79 Å². The van der Waals surface area contributed by atoms with Gasteiger partial charge in [-0.15, -0.1) is 0 Å². The zero-order valence-corrected chi connectivity index (χ0v) is 12.4. The van der Waals surface area contributed by atoms with Crippen LogP contribution in [0.3, 0.4) is 0 Å². The Hall–Kier alpha value is -1.78. The van der Waals surface area contributed by atoms with Crippen LogP contribution in [-0.4, -0.2) is 12.1 Å². The Kier molecular flexibility index (Phi) is 4.47. The van der Waals surface area contributed by atoms with Gasteiger partial charge in [0.1, 0.15) is 11.5 Å². The van der Waals surface area contributed by atoms with Crippen LogP contribution in [0.2, 0.25) is 10.0 Å². The van der Waals surface area contributed by atoms with Gasteiger partial charge in [0.25, 0.3) is 5.91 Å². The van der Waals surface area contributed by atoms with E-state index >= 15 is 0 Å². The third-order valence-electron chi connectivity index (χ3n) is 2.62. The molecule has 6 heteroatoms. The zero-order valence-electron chi connectivity index (χ0n) is 10.9. The van der Waals surface area contributed by atoms with Crippen LogP contribution in [0.4, 0.5) is 0 Å². The largest absolute Gasteiger partial charge is 0.466 e. The number of amides is 1. The normalized spacial score (nSPS) is 11.0. The summed E-state index contributed by atoms with van der Waals surface area (Å²) in [6.45, 7) is 3.50. The summed E-state index contributed by atoms with van der Waals surface area (Å²) in [4.78, 5) is 11.9. The number of nitrogens with one attached hydrogen (secondary N) is 1. The molecule has 0 radical (unpaired) electrons. The number of carbonyl (C=O) groups excluding carboxylic acids is 1. The summed E-state index contributed by atoms with van der Waals surface area (Å²) in [6, 6.07) is 6.68. The number of aryl methyl sites for hydroxylation is 2. The highest BCUT2D eigenvalue weighted by atomic mass is 35.5. The highest BCUT2D eigenvalue weighted by Crippen LogP contribution is 2.19. The third-order valence-corrected chi connectivity index (χ3v) is 3.18. The monoisotopic (exact) mass is 310 g/mol. The first-order valence-electron chi connectivity index (χ1n) is 5.83. The van der Waals surface area contributed by atoms with E-state index in [0.717, 1.165) is 0 Å². The fraction of sp³-hybridized carbons (Fsp3) is 0.143. The van der Waals surface area contributed by atoms with Gasteiger partial charge >= 0.3 is 0 Å². The average molecular weight is 311 g/mol. The summed E-state index contributed by atoms with van der Waals surface area (Å²) in [6.07, 6.45) is 1.46. The Morgan fingerprint density at radius 2 is 2.05 bits per heavy atom. The van der Waals surface area contributed by atoms with Gasteiger partial charge in [-0.1, -0.05) is 29.3 Å². The van der Waals surface area contributed by atoms with Gasteiger partial charge < -0.3 is 4.42 Å². The first kappa shape index (κ1) is 14.6. The number of nitrogens with zero attached hydrogens (tertiary/aromatic N) is 1. The SMILES string of the molecule is Cc1cc(C(=O)N/N=C\c2ccc(Cl)cc2Cl)c(C)o1. The molecule has 0 bridgehead atoms. The molecule has 1 aromatic carbocycles. The molecule has 1 amide bonds. The molecule has 0 unspecified atom stereocenters. The minimum Gasteiger partial charge on any atom is -0.466 e. The molecule has 2 aromatic rings. The lowest BCUT2D eigenvalue weighted by molar-refractivity contribution is 0.0953. The van der Waals surface area contributed by atoms with Gasteiger partial charge in [-0.2, -0.15) is 5.10 Å². The van der Waals surface area contributed by atoms with Gasteiger partial charge in [0.15, 0.2) is 0 Å². The number of benzene rings is 1. The van der Waals surface area contributed by atoms with E-state index in [1.54, 1.807) is 38.1 Å². The summed E-state index contributed by atoms with van der Waals surface area (Å²) in [5.41, 5.74) is 3.55. The van der Waals surface area contributed by atoms with E-state index in [9.17, 15) is 4.79 Å². The van der Waals surface area contributed by atoms with Crippen molar-refractivity contribution in [1.29, 1.82) is 0 Å². The number of hydrazone groups is 1. The van der Waals surface area contributed by atoms with Crippen LogP contribution >= 0.6 is 23.2 Å². The number of furan rings is 1. The second kappa shape index (κ2) is 6.11. The van der Waals surface area contributed by atoms with Crippen molar-refractivity contribution in [2.24, 2.45) is 5.10 Å². The lowest BCUT2D eigenvalue weighted by Crippen LogP contribution is -2.17. The lowest BCUT2D eigenvalue weighted by Gasteiger charge is -1.99. The van der Waals surface area contributed by atoms with Crippen LogP contribution in [0.15, 0.2) is 33.8 Å². The maximum absolute atomic E-state index is 11.9. The fourth-order valence-electron chi connectivity index (χ4n) is 1.68. The molecule has 0 aliphatic carbocycles. The van der Waals surface area contributed by atoms with E-state index < -0.39 is 0 Å². The predicted molar refractivity (Wildman–Crippen MR) is 79.7 cm³/mol. The van der Waals surface area contributed by atoms with Crippen molar-refractivity contribution in [3.05, 3.63) is 57.0 Å². The van der Waals surface area contributed by atoms with Crippen molar-refractivity contribution in [1.82, 2.24) is 5.43 Å². The van der Waals surface area contributed by atoms with Crippen molar-refractivity contribution >= 4 is 35.3 Å². The van der Waals surface area contributed by atoms with Crippen molar-refractivity contribution in [3.63, 3.8) is 0 Å². The number of hydrogen-bond acceptors (Lipinski definition) is 3. The van der Waals surface area contributed by atoms with Crippen LogP contribution < -0.4 is 5.43 Å². The van der Waals surface area contributed by atoms with Gasteiger partial charge in [-0.25, -0.2) is 5.43 Å². The highest BCUT2D eigenvalue weighted by molar-refractivity contribution is 6.36. The van der Waals surface area contributed by atoms with E-state index in [4.69, 9.17) is 27.6 Å². The van der Waals surface area contributed by atoms with Gasteiger partial charge in [-0.05, 0) is 32.0 Å². The summed E-state index contributed by atoms with van der Waals surface area (Å²) in [5, 5.41) is 4.87. The molecule has 0 atom stereocenters. The molecule has 1 aromatic heterocycles. The minimum atomic E-state index is -0.333. The molecule has 2 rings (SSSR count). The molecular weight excluding hydrogens is 299 g/mol. The van der Waals surface area contributed by atoms with Crippen LogP contribution in [0, 0.1) is 13.8 Å². The first-order valence-corrected chi connectivity index (χ1v) is 6.58. The van der Waals surface area contributed by atoms with E-state index in [1.165, 1.54) is 6.21 Å². The van der Waals surface area contributed by atoms with Gasteiger partial charge in [0.05, 0.1) is 16.8 Å². The Morgan fingerprint density at radius 1 is 1.30 bits per heavy atom. The van der Waals surface area contributed by atoms with Gasteiger partial charge in [0, 0.05) is 10.6 Å². The molecule has 104 valence electrons. The molecular formula is C14H12Cl2N2O2. The van der Waals surface area contributed by atoms with E-state index in [2.05, 4.69) is 10.5 Å². The molecule has 0 spiro atoms. The van der Waals surface area contributed by atoms with Crippen molar-refractivity contribution in [2.45, 2.75) is 13.8 Å². The zero-order chi connectivity index (χ0) is 14.7. The summed E-state index contributed by atoms with van der Waals surface area (Å²) >= 11 is 11.8. The summed E-state index contributed by atoms with van der Waals surface area (Å²) in [5.74, 6) is 0.901. The molecule has 0 saturated carbocycles. The van der Waals surface area contributed by atoms with Crippen molar-refractivity contribution < 1.29 is 9.21 Å². The number of carbonyl (C=O) groups is 1. The smallest absolute Gasteiger partial charge is 0.274 e. The van der Waals surface area contributed by atoms with Crippen LogP contribution in [0.5, 0.6) is 0 Å². The molecule has 4 nitrogen and oxygen atoms in total. The second-order valence-electron chi connectivity index (χ2n) is 4.19. The molecule has 1 N–H and O–H groups in total. The first-order chi connectivity index (χ1) is 9.47. The summed E-state index contributed by atoms with van der Waals surface area (Å²) < 4.78 is 5.28. The Labute approximate surface area is 126 Å². The number of hydrogen-bond donors (Lipinski definition) is 1. The topological polar surface area (TPSA) is 54.6 Å². The average Bonchev–Trinajstić information content (AvgIpc) is 2.71. The standard InChI is InChI=1S/C14H12Cl2N2O2/c1-8-5-12(9(2)20-8)14(19)18-17-7-10-3-4-11(15)6-13(10)16/h3-7H,1-2H3,(H,18,19)/b17-7-. The Balaban J connectivity index is 2.06. The molecule has 0 aliphatic heterocycles. The van der Waals surface area contributed by atoms with E-state index in [-0.39, 0.29) is 5.91 Å². The maximum Gasteiger partial charge on any atom is 0.274 e. The summed E-state index contributed by atoms with van der Waals surface area (Å²) in [7, 11) is 0. The molecule has 0 fully saturated rings.